The van der Waals surface area contributed by atoms with Crippen molar-refractivity contribution in [3.05, 3.63) is 83.7 Å². The molecule has 0 fully saturated rings. The summed E-state index contributed by atoms with van der Waals surface area (Å²) < 4.78 is 10.3. The van der Waals surface area contributed by atoms with Gasteiger partial charge in [0.15, 0.2) is 0 Å². The Morgan fingerprint density at radius 2 is 1.69 bits per heavy atom. The zero-order valence-corrected chi connectivity index (χ0v) is 16.1. The lowest BCUT2D eigenvalue weighted by molar-refractivity contribution is 0.0946. The first-order valence-corrected chi connectivity index (χ1v) is 8.92. The first-order valence-electron chi connectivity index (χ1n) is 8.92. The van der Waals surface area contributed by atoms with E-state index in [2.05, 4.69) is 15.6 Å². The number of hydrogen-bond donors (Lipinski definition) is 2. The summed E-state index contributed by atoms with van der Waals surface area (Å²) in [6.07, 6.45) is 1.43. The van der Waals surface area contributed by atoms with E-state index in [4.69, 9.17) is 9.47 Å². The molecule has 29 heavy (non-hydrogen) atoms. The van der Waals surface area contributed by atoms with Crippen LogP contribution in [0.1, 0.15) is 26.4 Å². The van der Waals surface area contributed by atoms with Crippen molar-refractivity contribution in [3.8, 4) is 11.5 Å². The highest BCUT2D eigenvalue weighted by Crippen LogP contribution is 2.23. The van der Waals surface area contributed by atoms with Gasteiger partial charge in [0.25, 0.3) is 11.8 Å². The number of hydrogen-bond acceptors (Lipinski definition) is 5. The number of para-hydroxylation sites is 2. The number of rotatable bonds is 7. The van der Waals surface area contributed by atoms with Crippen LogP contribution in [0, 0.1) is 0 Å². The van der Waals surface area contributed by atoms with Crippen molar-refractivity contribution in [1.82, 2.24) is 10.3 Å². The zero-order chi connectivity index (χ0) is 20.6. The molecule has 0 aliphatic rings. The number of carbonyl (C=O) groups is 2. The van der Waals surface area contributed by atoms with Gasteiger partial charge in [-0.1, -0.05) is 24.3 Å². The maximum Gasteiger partial charge on any atom is 0.270 e. The van der Waals surface area contributed by atoms with E-state index in [9.17, 15) is 9.59 Å². The molecule has 148 valence electrons. The lowest BCUT2D eigenvalue weighted by Gasteiger charge is -2.10. The topological polar surface area (TPSA) is 89.5 Å². The average molecular weight is 391 g/mol. The summed E-state index contributed by atoms with van der Waals surface area (Å²) in [5.74, 6) is 0.566. The maximum absolute atomic E-state index is 12.6. The minimum absolute atomic E-state index is 0.159. The second-order valence-corrected chi connectivity index (χ2v) is 6.11. The van der Waals surface area contributed by atoms with E-state index in [0.717, 1.165) is 11.3 Å². The number of anilines is 1. The molecule has 0 saturated carbocycles. The van der Waals surface area contributed by atoms with Gasteiger partial charge in [-0.3, -0.25) is 14.6 Å². The highest BCUT2D eigenvalue weighted by molar-refractivity contribution is 6.06. The summed E-state index contributed by atoms with van der Waals surface area (Å²) in [7, 11) is 3.13. The summed E-state index contributed by atoms with van der Waals surface area (Å²) in [4.78, 5) is 29.0. The zero-order valence-electron chi connectivity index (χ0n) is 16.1. The van der Waals surface area contributed by atoms with E-state index in [1.165, 1.54) is 19.4 Å². The molecule has 3 aromatic rings. The van der Waals surface area contributed by atoms with Crippen LogP contribution in [0.25, 0.3) is 0 Å². The third-order valence-corrected chi connectivity index (χ3v) is 4.22. The fourth-order valence-corrected chi connectivity index (χ4v) is 2.65. The molecule has 0 aliphatic heterocycles. The number of pyridine rings is 1. The van der Waals surface area contributed by atoms with Gasteiger partial charge < -0.3 is 20.1 Å². The van der Waals surface area contributed by atoms with Crippen molar-refractivity contribution >= 4 is 17.5 Å². The number of benzene rings is 2. The molecule has 2 N–H and O–H groups in total. The monoisotopic (exact) mass is 391 g/mol. The predicted molar refractivity (Wildman–Crippen MR) is 109 cm³/mol. The van der Waals surface area contributed by atoms with Crippen molar-refractivity contribution in [2.24, 2.45) is 0 Å². The van der Waals surface area contributed by atoms with Crippen molar-refractivity contribution < 1.29 is 19.1 Å². The van der Waals surface area contributed by atoms with E-state index in [0.29, 0.717) is 23.5 Å². The first-order chi connectivity index (χ1) is 14.1. The molecule has 0 bridgehead atoms. The van der Waals surface area contributed by atoms with E-state index in [1.807, 2.05) is 30.3 Å². The Hall–Kier alpha value is -3.87. The van der Waals surface area contributed by atoms with Crippen molar-refractivity contribution in [2.75, 3.05) is 19.5 Å². The lowest BCUT2D eigenvalue weighted by Crippen LogP contribution is -2.24. The van der Waals surface area contributed by atoms with Crippen molar-refractivity contribution in [2.45, 2.75) is 6.54 Å². The van der Waals surface area contributed by atoms with Gasteiger partial charge in [-0.25, -0.2) is 0 Å². The minimum Gasteiger partial charge on any atom is -0.497 e. The van der Waals surface area contributed by atoms with Gasteiger partial charge in [0, 0.05) is 18.3 Å². The number of nitrogens with one attached hydrogen (secondary N) is 2. The van der Waals surface area contributed by atoms with Crippen molar-refractivity contribution in [1.29, 1.82) is 0 Å². The van der Waals surface area contributed by atoms with E-state index < -0.39 is 0 Å². The minimum atomic E-state index is -0.368. The van der Waals surface area contributed by atoms with Gasteiger partial charge in [0.2, 0.25) is 0 Å². The first kappa shape index (κ1) is 19.9. The van der Waals surface area contributed by atoms with Crippen LogP contribution in [0.2, 0.25) is 0 Å². The molecule has 0 unspecified atom stereocenters. The van der Waals surface area contributed by atoms with Crippen LogP contribution in [0.15, 0.2) is 66.9 Å². The van der Waals surface area contributed by atoms with Gasteiger partial charge in [0.1, 0.15) is 17.2 Å². The van der Waals surface area contributed by atoms with Crippen LogP contribution in [-0.2, 0) is 6.54 Å². The number of aromatic nitrogens is 1. The predicted octanol–water partition coefficient (Wildman–Crippen LogP) is 3.28. The normalized spacial score (nSPS) is 10.1. The Labute approximate surface area is 168 Å². The molecule has 0 spiro atoms. The molecule has 3 rings (SSSR count). The van der Waals surface area contributed by atoms with Crippen LogP contribution in [-0.4, -0.2) is 31.0 Å². The highest BCUT2D eigenvalue weighted by atomic mass is 16.5. The van der Waals surface area contributed by atoms with Crippen LogP contribution in [0.4, 0.5) is 5.69 Å². The third kappa shape index (κ3) is 5.10. The summed E-state index contributed by atoms with van der Waals surface area (Å²) in [6.45, 7) is 0.335. The second-order valence-electron chi connectivity index (χ2n) is 6.11. The Balaban J connectivity index is 1.66. The Kier molecular flexibility index (Phi) is 6.42. The Morgan fingerprint density at radius 1 is 0.931 bits per heavy atom. The molecule has 2 amide bonds. The van der Waals surface area contributed by atoms with Gasteiger partial charge in [-0.05, 0) is 42.0 Å². The molecular weight excluding hydrogens is 370 g/mol. The maximum atomic E-state index is 12.6. The number of nitrogens with zero attached hydrogens (tertiary/aromatic N) is 1. The lowest BCUT2D eigenvalue weighted by atomic mass is 10.2. The SMILES string of the molecule is COc1ccc(CNC(=O)c2cc(C(=O)Nc3ccccc3OC)ccn2)cc1. The summed E-state index contributed by atoms with van der Waals surface area (Å²) in [5.41, 5.74) is 1.94. The Morgan fingerprint density at radius 3 is 2.41 bits per heavy atom. The van der Waals surface area contributed by atoms with E-state index >= 15 is 0 Å². The van der Waals surface area contributed by atoms with Gasteiger partial charge >= 0.3 is 0 Å². The number of amides is 2. The summed E-state index contributed by atoms with van der Waals surface area (Å²) >= 11 is 0. The highest BCUT2D eigenvalue weighted by Gasteiger charge is 2.13. The largest absolute Gasteiger partial charge is 0.497 e. The molecule has 0 radical (unpaired) electrons. The van der Waals surface area contributed by atoms with E-state index in [-0.39, 0.29) is 17.5 Å². The molecule has 0 saturated heterocycles. The van der Waals surface area contributed by atoms with Gasteiger partial charge in [-0.15, -0.1) is 0 Å². The fraction of sp³-hybridized carbons (Fsp3) is 0.136. The third-order valence-electron chi connectivity index (χ3n) is 4.22. The number of carbonyl (C=O) groups excluding carboxylic acids is 2. The van der Waals surface area contributed by atoms with Crippen LogP contribution in [0.5, 0.6) is 11.5 Å². The molecular formula is C22H21N3O4. The quantitative estimate of drug-likeness (QED) is 0.645. The van der Waals surface area contributed by atoms with Crippen molar-refractivity contribution in [3.63, 3.8) is 0 Å². The second kappa shape index (κ2) is 9.36. The molecule has 1 aromatic heterocycles. The standard InChI is InChI=1S/C22H21N3O4/c1-28-17-9-7-15(8-10-17)14-24-22(27)19-13-16(11-12-23-19)21(26)25-18-5-3-4-6-20(18)29-2/h3-13H,14H2,1-2H3,(H,24,27)(H,25,26). The summed E-state index contributed by atoms with van der Waals surface area (Å²) in [5, 5.41) is 5.57. The van der Waals surface area contributed by atoms with Crippen LogP contribution < -0.4 is 20.1 Å². The number of methoxy groups -OCH3 is 2. The Bertz CT molecular complexity index is 1000. The molecule has 2 aromatic carbocycles. The molecule has 1 heterocycles. The molecule has 0 aliphatic carbocycles. The van der Waals surface area contributed by atoms with Crippen LogP contribution in [0.3, 0.4) is 0 Å². The average Bonchev–Trinajstić information content (AvgIpc) is 2.78. The van der Waals surface area contributed by atoms with E-state index in [1.54, 1.807) is 31.4 Å². The summed E-state index contributed by atoms with van der Waals surface area (Å²) in [6, 6.07) is 17.5. The molecule has 7 heteroatoms. The number of ether oxygens (including phenoxy) is 2. The van der Waals surface area contributed by atoms with Crippen LogP contribution >= 0.6 is 0 Å². The molecule has 0 atom stereocenters. The fourth-order valence-electron chi connectivity index (χ4n) is 2.65. The smallest absolute Gasteiger partial charge is 0.270 e. The van der Waals surface area contributed by atoms with Gasteiger partial charge in [-0.2, -0.15) is 0 Å². The molecule has 7 nitrogen and oxygen atoms in total. The van der Waals surface area contributed by atoms with Gasteiger partial charge in [0.05, 0.1) is 19.9 Å².